The fourth-order valence-electron chi connectivity index (χ4n) is 1.87. The van der Waals surface area contributed by atoms with Crippen LogP contribution in [-0.4, -0.2) is 0 Å². The van der Waals surface area contributed by atoms with Crippen LogP contribution in [0.25, 0.3) is 0 Å². The van der Waals surface area contributed by atoms with E-state index in [1.54, 1.807) is 0 Å². The van der Waals surface area contributed by atoms with Crippen LogP contribution in [0, 0.1) is 0 Å². The van der Waals surface area contributed by atoms with Gasteiger partial charge >= 0.3 is 0 Å². The molecule has 15 heavy (non-hydrogen) atoms. The zero-order valence-corrected chi connectivity index (χ0v) is 11.8. The predicted molar refractivity (Wildman–Crippen MR) is 71.5 cm³/mol. The van der Waals surface area contributed by atoms with E-state index in [2.05, 4.69) is 61.8 Å². The van der Waals surface area contributed by atoms with E-state index >= 15 is 0 Å². The van der Waals surface area contributed by atoms with Crippen molar-refractivity contribution in [1.82, 2.24) is 0 Å². The van der Waals surface area contributed by atoms with Gasteiger partial charge in [-0.1, -0.05) is 62.2 Å². The molecule has 0 N–H and O–H groups in total. The van der Waals surface area contributed by atoms with Gasteiger partial charge < -0.3 is 0 Å². The first kappa shape index (κ1) is 12.8. The lowest BCUT2D eigenvalue weighted by atomic mass is 9.82. The first-order valence-electron chi connectivity index (χ1n) is 5.74. The molecule has 0 aliphatic heterocycles. The molecular weight excluding hydrogens is 248 g/mol. The second-order valence-electron chi connectivity index (χ2n) is 5.12. The van der Waals surface area contributed by atoms with Gasteiger partial charge in [0.2, 0.25) is 0 Å². The van der Waals surface area contributed by atoms with Gasteiger partial charge in [0.05, 0.1) is 0 Å². The van der Waals surface area contributed by atoms with E-state index < -0.39 is 0 Å². The predicted octanol–water partition coefficient (Wildman–Crippen LogP) is 5.09. The average Bonchev–Trinajstić information content (AvgIpc) is 2.14. The number of benzene rings is 1. The lowest BCUT2D eigenvalue weighted by Gasteiger charge is -2.24. The van der Waals surface area contributed by atoms with E-state index in [9.17, 15) is 0 Å². The first-order valence-corrected chi connectivity index (χ1v) is 6.54. The lowest BCUT2D eigenvalue weighted by Crippen LogP contribution is -2.14. The summed E-state index contributed by atoms with van der Waals surface area (Å²) >= 11 is 3.67. The van der Waals surface area contributed by atoms with Crippen molar-refractivity contribution in [2.24, 2.45) is 0 Å². The maximum Gasteiger partial charge on any atom is 0.0210 e. The molecule has 1 aromatic carbocycles. The molecule has 1 aromatic rings. The largest absolute Gasteiger partial charge is 0.0654 e. The molecule has 1 heteroatoms. The summed E-state index contributed by atoms with van der Waals surface area (Å²) in [6.07, 6.45) is 3.71. The summed E-state index contributed by atoms with van der Waals surface area (Å²) in [5.74, 6) is 0. The monoisotopic (exact) mass is 268 g/mol. The number of unbranched alkanes of at least 4 members (excludes halogenated alkanes) is 1. The maximum absolute atomic E-state index is 3.67. The van der Waals surface area contributed by atoms with E-state index in [0.717, 1.165) is 0 Å². The Kier molecular flexibility index (Phi) is 4.39. The van der Waals surface area contributed by atoms with Crippen LogP contribution >= 0.6 is 15.9 Å². The zero-order valence-electron chi connectivity index (χ0n) is 10.2. The minimum Gasteiger partial charge on any atom is -0.0654 e. The van der Waals surface area contributed by atoms with Gasteiger partial charge in [0, 0.05) is 4.47 Å². The topological polar surface area (TPSA) is 0 Å². The number of rotatable bonds is 3. The Morgan fingerprint density at radius 3 is 2.40 bits per heavy atom. The second kappa shape index (κ2) is 5.16. The summed E-state index contributed by atoms with van der Waals surface area (Å²) in [5.41, 5.74) is 3.21. The van der Waals surface area contributed by atoms with Crippen molar-refractivity contribution in [3.8, 4) is 0 Å². The Balaban J connectivity index is 3.09. The minimum atomic E-state index is 0.243. The Morgan fingerprint density at radius 1 is 1.20 bits per heavy atom. The van der Waals surface area contributed by atoms with Gasteiger partial charge in [-0.2, -0.15) is 0 Å². The van der Waals surface area contributed by atoms with Gasteiger partial charge in [0.1, 0.15) is 0 Å². The van der Waals surface area contributed by atoms with Crippen LogP contribution in [0.5, 0.6) is 0 Å². The van der Waals surface area contributed by atoms with Gasteiger partial charge in [0.25, 0.3) is 0 Å². The van der Waals surface area contributed by atoms with Crippen molar-refractivity contribution < 1.29 is 0 Å². The molecular formula is C14H21Br. The van der Waals surface area contributed by atoms with Gasteiger partial charge in [-0.3, -0.25) is 0 Å². The van der Waals surface area contributed by atoms with Crippen molar-refractivity contribution in [3.63, 3.8) is 0 Å². The molecule has 0 heterocycles. The molecule has 0 bridgehead atoms. The number of hydrogen-bond donors (Lipinski definition) is 0. The molecule has 0 aliphatic carbocycles. The molecule has 0 fully saturated rings. The third-order valence-electron chi connectivity index (χ3n) is 2.71. The van der Waals surface area contributed by atoms with Crippen molar-refractivity contribution in [3.05, 3.63) is 33.8 Å². The van der Waals surface area contributed by atoms with Gasteiger partial charge in [-0.05, 0) is 35.4 Å². The summed E-state index contributed by atoms with van der Waals surface area (Å²) in [4.78, 5) is 0. The second-order valence-corrected chi connectivity index (χ2v) is 5.97. The maximum atomic E-state index is 3.67. The molecule has 0 aliphatic rings. The summed E-state index contributed by atoms with van der Waals surface area (Å²) < 4.78 is 1.27. The molecule has 0 atom stereocenters. The zero-order chi connectivity index (χ0) is 11.5. The van der Waals surface area contributed by atoms with Crippen molar-refractivity contribution in [2.75, 3.05) is 0 Å². The van der Waals surface area contributed by atoms with Crippen LogP contribution < -0.4 is 0 Å². The Labute approximate surface area is 102 Å². The van der Waals surface area contributed by atoms with Gasteiger partial charge in [-0.25, -0.2) is 0 Å². The molecule has 0 aromatic heterocycles. The van der Waals surface area contributed by atoms with Crippen LogP contribution in [-0.2, 0) is 11.8 Å². The Bertz CT molecular complexity index is 321. The van der Waals surface area contributed by atoms with Crippen LogP contribution in [0.15, 0.2) is 22.7 Å². The lowest BCUT2D eigenvalue weighted by molar-refractivity contribution is 0.579. The highest BCUT2D eigenvalue weighted by atomic mass is 79.9. The first-order chi connectivity index (χ1) is 6.96. The number of halogens is 1. The summed E-state index contributed by atoms with van der Waals surface area (Å²) in [7, 11) is 0. The van der Waals surface area contributed by atoms with Crippen LogP contribution in [0.4, 0.5) is 0 Å². The van der Waals surface area contributed by atoms with E-state index in [1.165, 1.54) is 34.9 Å². The Hall–Kier alpha value is -0.300. The van der Waals surface area contributed by atoms with Crippen LogP contribution in [0.1, 0.15) is 51.7 Å². The molecule has 0 saturated carbocycles. The normalized spacial score (nSPS) is 11.8. The van der Waals surface area contributed by atoms with Gasteiger partial charge in [-0.15, -0.1) is 0 Å². The molecule has 0 radical (unpaired) electrons. The molecule has 0 nitrogen and oxygen atoms in total. The standard InChI is InChI=1S/C14H21Br/c1-5-6-8-11-12(14(2,3)4)9-7-10-13(11)15/h7,9-10H,5-6,8H2,1-4H3. The van der Waals surface area contributed by atoms with Crippen LogP contribution in [0.3, 0.4) is 0 Å². The highest BCUT2D eigenvalue weighted by Gasteiger charge is 2.18. The molecule has 0 saturated heterocycles. The summed E-state index contributed by atoms with van der Waals surface area (Å²) in [5, 5.41) is 0. The highest BCUT2D eigenvalue weighted by molar-refractivity contribution is 9.10. The molecule has 0 spiro atoms. The van der Waals surface area contributed by atoms with Crippen molar-refractivity contribution in [1.29, 1.82) is 0 Å². The molecule has 1 rings (SSSR count). The van der Waals surface area contributed by atoms with Crippen LogP contribution in [0.2, 0.25) is 0 Å². The summed E-state index contributed by atoms with van der Waals surface area (Å²) in [6, 6.07) is 6.55. The van der Waals surface area contributed by atoms with E-state index in [0.29, 0.717) is 0 Å². The third kappa shape index (κ3) is 3.34. The molecule has 0 unspecified atom stereocenters. The quantitative estimate of drug-likeness (QED) is 0.717. The minimum absolute atomic E-state index is 0.243. The fraction of sp³-hybridized carbons (Fsp3) is 0.571. The number of hydrogen-bond acceptors (Lipinski definition) is 0. The van der Waals surface area contributed by atoms with E-state index in [1.807, 2.05) is 0 Å². The van der Waals surface area contributed by atoms with E-state index in [4.69, 9.17) is 0 Å². The SMILES string of the molecule is CCCCc1c(Br)cccc1C(C)(C)C. The third-order valence-corrected chi connectivity index (χ3v) is 3.45. The fourth-order valence-corrected chi connectivity index (χ4v) is 2.43. The average molecular weight is 269 g/mol. The summed E-state index contributed by atoms with van der Waals surface area (Å²) in [6.45, 7) is 9.09. The van der Waals surface area contributed by atoms with Gasteiger partial charge in [0.15, 0.2) is 0 Å². The molecule has 84 valence electrons. The van der Waals surface area contributed by atoms with Crippen molar-refractivity contribution >= 4 is 15.9 Å². The smallest absolute Gasteiger partial charge is 0.0210 e. The van der Waals surface area contributed by atoms with E-state index in [-0.39, 0.29) is 5.41 Å². The highest BCUT2D eigenvalue weighted by Crippen LogP contribution is 2.31. The van der Waals surface area contributed by atoms with Crippen molar-refractivity contribution in [2.45, 2.75) is 52.4 Å². The Morgan fingerprint density at radius 2 is 1.87 bits per heavy atom. The molecule has 0 amide bonds.